The van der Waals surface area contributed by atoms with Crippen LogP contribution in [0.3, 0.4) is 0 Å². The van der Waals surface area contributed by atoms with Crippen LogP contribution < -0.4 is 5.32 Å². The summed E-state index contributed by atoms with van der Waals surface area (Å²) in [5, 5.41) is 2.92. The Balaban J connectivity index is 1.45. The maximum atomic E-state index is 13.0. The van der Waals surface area contributed by atoms with E-state index in [1.54, 1.807) is 17.0 Å². The number of carbonyl (C=O) groups is 2. The molecule has 1 fully saturated rings. The van der Waals surface area contributed by atoms with Gasteiger partial charge in [-0.25, -0.2) is 4.39 Å². The first-order chi connectivity index (χ1) is 13.4. The van der Waals surface area contributed by atoms with Gasteiger partial charge in [-0.2, -0.15) is 0 Å². The molecular formula is C21H23BrFN3O2. The van der Waals surface area contributed by atoms with Crippen molar-refractivity contribution < 1.29 is 14.0 Å². The molecule has 0 aliphatic carbocycles. The summed E-state index contributed by atoms with van der Waals surface area (Å²) >= 11 is 3.46. The second-order valence-corrected chi connectivity index (χ2v) is 7.85. The average molecular weight is 448 g/mol. The standard InChI is InChI=1S/C21H23BrFN3O2/c1-15-2-7-19(18(22)12-15)24-20(27)14-25-8-10-26(11-9-25)21(28)13-16-3-5-17(23)6-4-16/h2-7,12H,8-11,13-14H2,1H3,(H,24,27). The van der Waals surface area contributed by atoms with Gasteiger partial charge in [-0.15, -0.1) is 0 Å². The molecule has 0 bridgehead atoms. The summed E-state index contributed by atoms with van der Waals surface area (Å²) in [5.74, 6) is -0.351. The molecule has 0 unspecified atom stereocenters. The van der Waals surface area contributed by atoms with Crippen LogP contribution in [0.1, 0.15) is 11.1 Å². The number of nitrogens with one attached hydrogen (secondary N) is 1. The van der Waals surface area contributed by atoms with Crippen molar-refractivity contribution in [3.05, 3.63) is 63.9 Å². The van der Waals surface area contributed by atoms with Gasteiger partial charge in [-0.3, -0.25) is 14.5 Å². The monoisotopic (exact) mass is 447 g/mol. The van der Waals surface area contributed by atoms with E-state index in [4.69, 9.17) is 0 Å². The smallest absolute Gasteiger partial charge is 0.238 e. The van der Waals surface area contributed by atoms with Crippen molar-refractivity contribution in [1.29, 1.82) is 0 Å². The number of piperazine rings is 1. The largest absolute Gasteiger partial charge is 0.340 e. The van der Waals surface area contributed by atoms with Crippen molar-refractivity contribution in [3.63, 3.8) is 0 Å². The van der Waals surface area contributed by atoms with Gasteiger partial charge in [0.1, 0.15) is 5.82 Å². The molecule has 1 aliphatic heterocycles. The number of hydrogen-bond donors (Lipinski definition) is 1. The molecule has 5 nitrogen and oxygen atoms in total. The topological polar surface area (TPSA) is 52.7 Å². The Morgan fingerprint density at radius 2 is 1.75 bits per heavy atom. The maximum absolute atomic E-state index is 13.0. The third-order valence-corrected chi connectivity index (χ3v) is 5.42. The lowest BCUT2D eigenvalue weighted by Gasteiger charge is -2.34. The highest BCUT2D eigenvalue weighted by atomic mass is 79.9. The van der Waals surface area contributed by atoms with Crippen molar-refractivity contribution in [2.24, 2.45) is 0 Å². The number of rotatable bonds is 5. The zero-order chi connectivity index (χ0) is 20.1. The van der Waals surface area contributed by atoms with Crippen LogP contribution in [0.2, 0.25) is 0 Å². The minimum absolute atomic E-state index is 0.0271. The van der Waals surface area contributed by atoms with Gasteiger partial charge in [0.15, 0.2) is 0 Å². The van der Waals surface area contributed by atoms with Gasteiger partial charge >= 0.3 is 0 Å². The van der Waals surface area contributed by atoms with Crippen molar-refractivity contribution in [2.75, 3.05) is 38.0 Å². The molecule has 0 saturated carbocycles. The van der Waals surface area contributed by atoms with Crippen LogP contribution in [0, 0.1) is 12.7 Å². The summed E-state index contributed by atoms with van der Waals surface area (Å²) in [6.45, 7) is 4.76. The summed E-state index contributed by atoms with van der Waals surface area (Å²) in [6, 6.07) is 11.8. The van der Waals surface area contributed by atoms with Gasteiger partial charge in [0.2, 0.25) is 11.8 Å². The van der Waals surface area contributed by atoms with Gasteiger partial charge in [-0.1, -0.05) is 18.2 Å². The summed E-state index contributed by atoms with van der Waals surface area (Å²) < 4.78 is 13.8. The fourth-order valence-electron chi connectivity index (χ4n) is 3.16. The predicted molar refractivity (Wildman–Crippen MR) is 111 cm³/mol. The molecule has 1 saturated heterocycles. The first kappa shape index (κ1) is 20.5. The lowest BCUT2D eigenvalue weighted by Crippen LogP contribution is -2.50. The molecule has 2 aromatic rings. The highest BCUT2D eigenvalue weighted by Crippen LogP contribution is 2.23. The van der Waals surface area contributed by atoms with Crippen molar-refractivity contribution >= 4 is 33.4 Å². The van der Waals surface area contributed by atoms with E-state index in [0.717, 1.165) is 21.3 Å². The second kappa shape index (κ2) is 9.30. The molecular weight excluding hydrogens is 425 g/mol. The molecule has 2 amide bonds. The Bertz CT molecular complexity index is 849. The third kappa shape index (κ3) is 5.62. The Labute approximate surface area is 172 Å². The summed E-state index contributed by atoms with van der Waals surface area (Å²) in [6.07, 6.45) is 0.266. The van der Waals surface area contributed by atoms with Gasteiger partial charge in [0.25, 0.3) is 0 Å². The Morgan fingerprint density at radius 3 is 2.39 bits per heavy atom. The number of benzene rings is 2. The van der Waals surface area contributed by atoms with Gasteiger partial charge < -0.3 is 10.2 Å². The number of anilines is 1. The van der Waals surface area contributed by atoms with E-state index in [1.165, 1.54) is 12.1 Å². The number of hydrogen-bond acceptors (Lipinski definition) is 3. The van der Waals surface area contributed by atoms with Crippen LogP contribution in [0.25, 0.3) is 0 Å². The summed E-state index contributed by atoms with van der Waals surface area (Å²) in [4.78, 5) is 28.6. The fourth-order valence-corrected chi connectivity index (χ4v) is 3.75. The Kier molecular flexibility index (Phi) is 6.80. The molecule has 7 heteroatoms. The third-order valence-electron chi connectivity index (χ3n) is 4.76. The maximum Gasteiger partial charge on any atom is 0.238 e. The Morgan fingerprint density at radius 1 is 1.07 bits per heavy atom. The minimum atomic E-state index is -0.305. The van der Waals surface area contributed by atoms with Crippen molar-refractivity contribution in [3.8, 4) is 0 Å². The molecule has 0 radical (unpaired) electrons. The van der Waals surface area contributed by atoms with E-state index in [0.29, 0.717) is 32.7 Å². The molecule has 1 heterocycles. The van der Waals surface area contributed by atoms with E-state index < -0.39 is 0 Å². The van der Waals surface area contributed by atoms with Crippen LogP contribution in [-0.4, -0.2) is 54.3 Å². The number of aryl methyl sites for hydroxylation is 1. The van der Waals surface area contributed by atoms with Gasteiger partial charge in [0.05, 0.1) is 18.7 Å². The highest BCUT2D eigenvalue weighted by molar-refractivity contribution is 9.10. The molecule has 0 aromatic heterocycles. The van der Waals surface area contributed by atoms with Crippen LogP contribution in [-0.2, 0) is 16.0 Å². The van der Waals surface area contributed by atoms with Crippen LogP contribution >= 0.6 is 15.9 Å². The van der Waals surface area contributed by atoms with E-state index in [-0.39, 0.29) is 24.1 Å². The first-order valence-electron chi connectivity index (χ1n) is 9.21. The van der Waals surface area contributed by atoms with E-state index in [1.807, 2.05) is 30.0 Å². The average Bonchev–Trinajstić information content (AvgIpc) is 2.66. The van der Waals surface area contributed by atoms with E-state index in [2.05, 4.69) is 21.2 Å². The highest BCUT2D eigenvalue weighted by Gasteiger charge is 2.22. The molecule has 28 heavy (non-hydrogen) atoms. The minimum Gasteiger partial charge on any atom is -0.340 e. The van der Waals surface area contributed by atoms with Crippen LogP contribution in [0.4, 0.5) is 10.1 Å². The second-order valence-electron chi connectivity index (χ2n) is 6.99. The number of halogens is 2. The van der Waals surface area contributed by atoms with Gasteiger partial charge in [-0.05, 0) is 58.2 Å². The van der Waals surface area contributed by atoms with E-state index >= 15 is 0 Å². The van der Waals surface area contributed by atoms with Crippen molar-refractivity contribution in [1.82, 2.24) is 9.80 Å². The quantitative estimate of drug-likeness (QED) is 0.765. The van der Waals surface area contributed by atoms with Gasteiger partial charge in [0, 0.05) is 30.7 Å². The molecule has 1 N–H and O–H groups in total. The fraction of sp³-hybridized carbons (Fsp3) is 0.333. The zero-order valence-electron chi connectivity index (χ0n) is 15.8. The normalized spacial score (nSPS) is 14.8. The molecule has 0 atom stereocenters. The SMILES string of the molecule is Cc1ccc(NC(=O)CN2CCN(C(=O)Cc3ccc(F)cc3)CC2)c(Br)c1. The molecule has 3 rings (SSSR count). The van der Waals surface area contributed by atoms with E-state index in [9.17, 15) is 14.0 Å². The molecule has 2 aromatic carbocycles. The lowest BCUT2D eigenvalue weighted by molar-refractivity contribution is -0.132. The predicted octanol–water partition coefficient (Wildman–Crippen LogP) is 3.22. The lowest BCUT2D eigenvalue weighted by atomic mass is 10.1. The molecule has 148 valence electrons. The number of carbonyl (C=O) groups excluding carboxylic acids is 2. The van der Waals surface area contributed by atoms with Crippen molar-refractivity contribution in [2.45, 2.75) is 13.3 Å². The summed E-state index contributed by atoms with van der Waals surface area (Å²) in [5.41, 5.74) is 2.67. The number of amides is 2. The zero-order valence-corrected chi connectivity index (χ0v) is 17.3. The van der Waals surface area contributed by atoms with Crippen LogP contribution in [0.5, 0.6) is 0 Å². The van der Waals surface area contributed by atoms with Crippen LogP contribution in [0.15, 0.2) is 46.9 Å². The Hall–Kier alpha value is -2.25. The molecule has 0 spiro atoms. The molecule has 1 aliphatic rings. The number of nitrogens with zero attached hydrogens (tertiary/aromatic N) is 2. The first-order valence-corrected chi connectivity index (χ1v) is 10.0. The summed E-state index contributed by atoms with van der Waals surface area (Å²) in [7, 11) is 0.